The summed E-state index contributed by atoms with van der Waals surface area (Å²) in [4.78, 5) is 24.9. The zero-order valence-corrected chi connectivity index (χ0v) is 16.5. The fourth-order valence-electron chi connectivity index (χ4n) is 2.60. The van der Waals surface area contributed by atoms with E-state index in [4.69, 9.17) is 27.9 Å². The molecule has 1 N–H and O–H groups in total. The number of ketones is 1. The van der Waals surface area contributed by atoms with Gasteiger partial charge in [-0.15, -0.1) is 0 Å². The van der Waals surface area contributed by atoms with Crippen LogP contribution in [0.1, 0.15) is 27.6 Å². The van der Waals surface area contributed by atoms with E-state index in [0.717, 1.165) is 0 Å². The van der Waals surface area contributed by atoms with Crippen molar-refractivity contribution in [2.75, 3.05) is 5.32 Å². The molecule has 0 unspecified atom stereocenters. The summed E-state index contributed by atoms with van der Waals surface area (Å²) < 4.78 is 5.75. The number of hydrogen-bond donors (Lipinski definition) is 1. The lowest BCUT2D eigenvalue weighted by molar-refractivity contribution is 0.0818. The molecule has 0 saturated heterocycles. The third-order valence-electron chi connectivity index (χ3n) is 4.02. The molecule has 1 atom stereocenters. The van der Waals surface area contributed by atoms with Gasteiger partial charge < -0.3 is 10.1 Å². The molecular weight excluding hydrogens is 397 g/mol. The lowest BCUT2D eigenvalue weighted by atomic mass is 10.1. The van der Waals surface area contributed by atoms with Gasteiger partial charge >= 0.3 is 0 Å². The Morgan fingerprint density at radius 3 is 2.36 bits per heavy atom. The maximum atomic E-state index is 12.5. The van der Waals surface area contributed by atoms with Gasteiger partial charge in [0, 0.05) is 22.3 Å². The molecule has 3 rings (SSSR count). The number of anilines is 1. The lowest BCUT2D eigenvalue weighted by Gasteiger charge is -2.15. The van der Waals surface area contributed by atoms with Gasteiger partial charge in [0.2, 0.25) is 5.78 Å². The summed E-state index contributed by atoms with van der Waals surface area (Å²) in [5.74, 6) is -0.0259. The van der Waals surface area contributed by atoms with E-state index < -0.39 is 6.10 Å². The third kappa shape index (κ3) is 4.91. The van der Waals surface area contributed by atoms with Crippen molar-refractivity contribution in [3.05, 3.63) is 94.0 Å². The van der Waals surface area contributed by atoms with E-state index in [1.807, 2.05) is 0 Å². The summed E-state index contributed by atoms with van der Waals surface area (Å²) in [6, 6.07) is 20.3. The van der Waals surface area contributed by atoms with Gasteiger partial charge in [-0.2, -0.15) is 0 Å². The van der Waals surface area contributed by atoms with E-state index >= 15 is 0 Å². The van der Waals surface area contributed by atoms with Crippen LogP contribution >= 0.6 is 23.2 Å². The summed E-state index contributed by atoms with van der Waals surface area (Å²) >= 11 is 11.9. The molecule has 0 heterocycles. The van der Waals surface area contributed by atoms with E-state index in [2.05, 4.69) is 5.32 Å². The molecule has 3 aromatic carbocycles. The molecule has 4 nitrogen and oxygen atoms in total. The number of nitrogens with one attached hydrogen (secondary N) is 1. The van der Waals surface area contributed by atoms with Crippen LogP contribution in [0.15, 0.2) is 72.8 Å². The van der Waals surface area contributed by atoms with Crippen LogP contribution in [-0.4, -0.2) is 17.8 Å². The van der Waals surface area contributed by atoms with Crippen LogP contribution in [0.2, 0.25) is 10.0 Å². The van der Waals surface area contributed by atoms with Gasteiger partial charge in [0.25, 0.3) is 5.91 Å². The van der Waals surface area contributed by atoms with Crippen LogP contribution < -0.4 is 10.1 Å². The molecule has 0 radical (unpaired) electrons. The van der Waals surface area contributed by atoms with E-state index in [0.29, 0.717) is 32.6 Å². The molecule has 1 amide bonds. The number of hydrogen-bond acceptors (Lipinski definition) is 3. The normalized spacial score (nSPS) is 11.5. The molecule has 0 spiro atoms. The van der Waals surface area contributed by atoms with Gasteiger partial charge in [0.05, 0.1) is 10.6 Å². The minimum absolute atomic E-state index is 0.165. The number of carbonyl (C=O) groups is 2. The standard InChI is InChI=1S/C22H17Cl2NO3/c1-14(21(26)15-9-11-16(23)12-10-15)28-18-6-4-5-17(13-18)25-22(27)19-7-2-3-8-20(19)24/h2-14H,1H3,(H,25,27)/t14-/m1/s1. The molecule has 0 aliphatic carbocycles. The number of ether oxygens (including phenoxy) is 1. The molecule has 6 heteroatoms. The predicted molar refractivity (Wildman–Crippen MR) is 112 cm³/mol. The summed E-state index contributed by atoms with van der Waals surface area (Å²) in [5.41, 5.74) is 1.43. The average molecular weight is 414 g/mol. The molecule has 142 valence electrons. The summed E-state index contributed by atoms with van der Waals surface area (Å²) in [7, 11) is 0. The number of Topliss-reactive ketones (excluding diaryl/α,β-unsaturated/α-hetero) is 1. The maximum Gasteiger partial charge on any atom is 0.257 e. The van der Waals surface area contributed by atoms with Gasteiger partial charge in [-0.05, 0) is 55.5 Å². The fourth-order valence-corrected chi connectivity index (χ4v) is 2.94. The SMILES string of the molecule is C[C@@H](Oc1cccc(NC(=O)c2ccccc2Cl)c1)C(=O)c1ccc(Cl)cc1. The summed E-state index contributed by atoms with van der Waals surface area (Å²) in [6.07, 6.45) is -0.698. The number of benzene rings is 3. The second-order valence-corrected chi connectivity index (χ2v) is 6.94. The number of halogens is 2. The van der Waals surface area contributed by atoms with Crippen molar-refractivity contribution in [3.8, 4) is 5.75 Å². The topological polar surface area (TPSA) is 55.4 Å². The van der Waals surface area contributed by atoms with Gasteiger partial charge in [0.1, 0.15) is 5.75 Å². The molecule has 0 bridgehead atoms. The first-order valence-electron chi connectivity index (χ1n) is 8.56. The summed E-state index contributed by atoms with van der Waals surface area (Å²) in [6.45, 7) is 1.67. The third-order valence-corrected chi connectivity index (χ3v) is 4.60. The highest BCUT2D eigenvalue weighted by Gasteiger charge is 2.17. The van der Waals surface area contributed by atoms with Crippen LogP contribution in [0.5, 0.6) is 5.75 Å². The van der Waals surface area contributed by atoms with Crippen molar-refractivity contribution >= 4 is 40.6 Å². The van der Waals surface area contributed by atoms with Crippen LogP contribution in [-0.2, 0) is 0 Å². The number of rotatable bonds is 6. The zero-order valence-electron chi connectivity index (χ0n) is 15.0. The highest BCUT2D eigenvalue weighted by Crippen LogP contribution is 2.22. The average Bonchev–Trinajstić information content (AvgIpc) is 2.68. The molecule has 28 heavy (non-hydrogen) atoms. The Labute approximate surface area is 173 Å². The predicted octanol–water partition coefficient (Wildman–Crippen LogP) is 5.90. The van der Waals surface area contributed by atoms with Crippen molar-refractivity contribution in [2.45, 2.75) is 13.0 Å². The maximum absolute atomic E-state index is 12.5. The minimum atomic E-state index is -0.698. The second-order valence-electron chi connectivity index (χ2n) is 6.09. The lowest BCUT2D eigenvalue weighted by Crippen LogP contribution is -2.24. The first-order chi connectivity index (χ1) is 13.4. The quantitative estimate of drug-likeness (QED) is 0.512. The highest BCUT2D eigenvalue weighted by molar-refractivity contribution is 6.34. The Morgan fingerprint density at radius 2 is 1.64 bits per heavy atom. The highest BCUT2D eigenvalue weighted by atomic mass is 35.5. The Morgan fingerprint density at radius 1 is 0.929 bits per heavy atom. The van der Waals surface area contributed by atoms with Crippen molar-refractivity contribution in [1.82, 2.24) is 0 Å². The van der Waals surface area contributed by atoms with Crippen LogP contribution in [0.25, 0.3) is 0 Å². The van der Waals surface area contributed by atoms with Crippen LogP contribution in [0, 0.1) is 0 Å². The molecule has 0 aromatic heterocycles. The molecule has 0 saturated carbocycles. The molecule has 0 aliphatic heterocycles. The Kier molecular flexibility index (Phi) is 6.34. The molecule has 3 aromatic rings. The number of carbonyl (C=O) groups excluding carboxylic acids is 2. The molecule has 0 aliphatic rings. The first-order valence-corrected chi connectivity index (χ1v) is 9.32. The van der Waals surface area contributed by atoms with Crippen molar-refractivity contribution in [2.24, 2.45) is 0 Å². The van der Waals surface area contributed by atoms with Gasteiger partial charge in [-0.25, -0.2) is 0 Å². The van der Waals surface area contributed by atoms with Gasteiger partial charge in [-0.3, -0.25) is 9.59 Å². The van der Waals surface area contributed by atoms with Crippen molar-refractivity contribution in [3.63, 3.8) is 0 Å². The monoisotopic (exact) mass is 413 g/mol. The first kappa shape index (κ1) is 19.9. The largest absolute Gasteiger partial charge is 0.482 e. The smallest absolute Gasteiger partial charge is 0.257 e. The Hall–Kier alpha value is -2.82. The van der Waals surface area contributed by atoms with E-state index in [-0.39, 0.29) is 11.7 Å². The van der Waals surface area contributed by atoms with E-state index in [1.165, 1.54) is 0 Å². The van der Waals surface area contributed by atoms with Crippen molar-refractivity contribution < 1.29 is 14.3 Å². The van der Waals surface area contributed by atoms with Crippen LogP contribution in [0.4, 0.5) is 5.69 Å². The molecular formula is C22H17Cl2NO3. The Bertz CT molecular complexity index is 1000. The Balaban J connectivity index is 1.69. The zero-order chi connectivity index (χ0) is 20.1. The minimum Gasteiger partial charge on any atom is -0.482 e. The second kappa shape index (κ2) is 8.91. The fraction of sp³-hybridized carbons (Fsp3) is 0.0909. The van der Waals surface area contributed by atoms with Crippen molar-refractivity contribution in [1.29, 1.82) is 0 Å². The van der Waals surface area contributed by atoms with E-state index in [1.54, 1.807) is 79.7 Å². The molecule has 0 fully saturated rings. The van der Waals surface area contributed by atoms with E-state index in [9.17, 15) is 9.59 Å². The van der Waals surface area contributed by atoms with Gasteiger partial charge in [-0.1, -0.05) is 41.4 Å². The number of amides is 1. The summed E-state index contributed by atoms with van der Waals surface area (Å²) in [5, 5.41) is 3.71. The van der Waals surface area contributed by atoms with Gasteiger partial charge in [0.15, 0.2) is 6.10 Å². The van der Waals surface area contributed by atoms with Crippen LogP contribution in [0.3, 0.4) is 0 Å².